The van der Waals surface area contributed by atoms with E-state index in [2.05, 4.69) is 49.5 Å². The van der Waals surface area contributed by atoms with Gasteiger partial charge in [-0.15, -0.1) is 0 Å². The van der Waals surface area contributed by atoms with Crippen LogP contribution < -0.4 is 43.4 Å². The first kappa shape index (κ1) is 46.8. The number of carbonyl (C=O) groups is 8. The maximum absolute atomic E-state index is 14.1. The first-order valence-electron chi connectivity index (χ1n) is 20.0. The van der Waals surface area contributed by atoms with E-state index in [4.69, 9.17) is 11.5 Å². The molecule has 0 aromatic carbocycles. The van der Waals surface area contributed by atoms with Crippen molar-refractivity contribution < 1.29 is 38.4 Å². The fourth-order valence-corrected chi connectivity index (χ4v) is 7.45. The summed E-state index contributed by atoms with van der Waals surface area (Å²) >= 11 is 4.35. The van der Waals surface area contributed by atoms with E-state index in [9.17, 15) is 38.4 Å². The minimum Gasteiger partial charge on any atom is -0.370 e. The van der Waals surface area contributed by atoms with Crippen LogP contribution in [0.5, 0.6) is 0 Å². The standard InChI is InChI=1S/C37H63N11O8S/c1-7-20(4)28-36(56)48-16-10-12-26(48)33(53)42-21(5)29(49)41-22(6)30(50)43-23(11-8-14-40-37(38)39)31(51)44-24(17-19(2)3)32(52)45-25(18-57)35(55)47-15-9-13-27(47)34(54)46-28/h19-28,57H,7-18H2,1-6H3,(H,41,49)(H,42,53)(H,43,50)(H,44,51)(H,45,52)(H,46,54)(H4,38,39,40)/t20-,21-,22+,23+,24-,25+,26-,27-,28-/m0/s1. The highest BCUT2D eigenvalue weighted by Gasteiger charge is 2.43. The average Bonchev–Trinajstić information content (AvgIpc) is 3.86. The molecule has 10 N–H and O–H groups in total. The Morgan fingerprint density at radius 1 is 0.702 bits per heavy atom. The summed E-state index contributed by atoms with van der Waals surface area (Å²) in [5.74, 6) is -5.53. The molecule has 3 heterocycles. The monoisotopic (exact) mass is 821 g/mol. The number of nitrogens with two attached hydrogens (primary N) is 2. The first-order valence-corrected chi connectivity index (χ1v) is 20.6. The SMILES string of the molecule is CC[C@H](C)[C@@H]1NC(=O)[C@@H]2CCCN2C(=O)[C@@H](CS)NC(=O)[C@H](CC(C)C)NC(=O)[C@@H](CCCN=C(N)N)NC(=O)[C@@H](C)NC(=O)[C@H](C)NC(=O)[C@@H]2CCCN2C1=O. The van der Waals surface area contributed by atoms with Crippen LogP contribution in [-0.4, -0.2) is 137 Å². The van der Waals surface area contributed by atoms with Gasteiger partial charge in [-0.2, -0.15) is 12.6 Å². The summed E-state index contributed by atoms with van der Waals surface area (Å²) in [6.45, 7) is 10.9. The van der Waals surface area contributed by atoms with Crippen molar-refractivity contribution in [3.63, 3.8) is 0 Å². The molecule has 8 amide bonds. The van der Waals surface area contributed by atoms with Crippen molar-refractivity contribution in [3.05, 3.63) is 0 Å². The lowest BCUT2D eigenvalue weighted by Crippen LogP contribution is -2.61. The van der Waals surface area contributed by atoms with Crippen LogP contribution in [0.15, 0.2) is 4.99 Å². The van der Waals surface area contributed by atoms with Gasteiger partial charge in [-0.3, -0.25) is 43.3 Å². The van der Waals surface area contributed by atoms with Gasteiger partial charge < -0.3 is 53.2 Å². The lowest BCUT2D eigenvalue weighted by Gasteiger charge is -2.34. The van der Waals surface area contributed by atoms with Crippen LogP contribution in [0.2, 0.25) is 0 Å². The molecule has 19 nitrogen and oxygen atoms in total. The van der Waals surface area contributed by atoms with Gasteiger partial charge in [0.05, 0.1) is 0 Å². The van der Waals surface area contributed by atoms with Crippen LogP contribution in [0.4, 0.5) is 0 Å². The summed E-state index contributed by atoms with van der Waals surface area (Å²) in [6, 6.07) is -8.61. The van der Waals surface area contributed by atoms with Gasteiger partial charge in [0.25, 0.3) is 0 Å². The van der Waals surface area contributed by atoms with Crippen LogP contribution in [0.25, 0.3) is 0 Å². The third kappa shape index (κ3) is 12.9. The van der Waals surface area contributed by atoms with Crippen molar-refractivity contribution in [1.29, 1.82) is 0 Å². The molecule has 3 saturated heterocycles. The van der Waals surface area contributed by atoms with Crippen molar-refractivity contribution in [1.82, 2.24) is 41.7 Å². The number of hydrogen-bond acceptors (Lipinski definition) is 10. The molecule has 9 atom stereocenters. The fraction of sp³-hybridized carbons (Fsp3) is 0.757. The Morgan fingerprint density at radius 2 is 1.19 bits per heavy atom. The summed E-state index contributed by atoms with van der Waals surface area (Å²) < 4.78 is 0. The molecule has 0 aromatic heterocycles. The number of rotatable bonds is 9. The first-order chi connectivity index (χ1) is 26.9. The third-order valence-corrected chi connectivity index (χ3v) is 11.0. The molecule has 3 fully saturated rings. The molecular weight excluding hydrogens is 759 g/mol. The third-order valence-electron chi connectivity index (χ3n) is 10.7. The van der Waals surface area contributed by atoms with Gasteiger partial charge in [-0.05, 0) is 70.6 Å². The normalized spacial score (nSPS) is 29.5. The molecular formula is C37H63N11O8S. The summed E-state index contributed by atoms with van der Waals surface area (Å²) in [7, 11) is 0. The molecule has 20 heteroatoms. The number of carbonyl (C=O) groups excluding carboxylic acids is 8. The van der Waals surface area contributed by atoms with Crippen LogP contribution in [0.3, 0.4) is 0 Å². The Labute approximate surface area is 340 Å². The van der Waals surface area contributed by atoms with E-state index >= 15 is 0 Å². The van der Waals surface area contributed by atoms with Gasteiger partial charge in [-0.1, -0.05) is 34.1 Å². The van der Waals surface area contributed by atoms with Gasteiger partial charge in [-0.25, -0.2) is 0 Å². The number of amides is 8. The number of nitrogens with one attached hydrogen (secondary N) is 6. The van der Waals surface area contributed by atoms with Gasteiger partial charge in [0.2, 0.25) is 47.3 Å². The minimum absolute atomic E-state index is 0.0577. The topological polar surface area (TPSA) is 280 Å². The quantitative estimate of drug-likeness (QED) is 0.0534. The van der Waals surface area contributed by atoms with E-state index in [1.165, 1.54) is 23.6 Å². The minimum atomic E-state index is -1.19. The number of guanidine groups is 1. The van der Waals surface area contributed by atoms with Crippen molar-refractivity contribution >= 4 is 65.8 Å². The molecule has 0 unspecified atom stereocenters. The average molecular weight is 822 g/mol. The van der Waals surface area contributed by atoms with E-state index in [-0.39, 0.29) is 62.4 Å². The van der Waals surface area contributed by atoms with Crippen molar-refractivity contribution in [2.75, 3.05) is 25.4 Å². The Hall–Kier alpha value is -4.62. The van der Waals surface area contributed by atoms with E-state index in [1.54, 1.807) is 0 Å². The zero-order valence-electron chi connectivity index (χ0n) is 34.0. The van der Waals surface area contributed by atoms with Crippen molar-refractivity contribution in [3.8, 4) is 0 Å². The molecule has 57 heavy (non-hydrogen) atoms. The highest BCUT2D eigenvalue weighted by Crippen LogP contribution is 2.24. The molecule has 3 aliphatic rings. The van der Waals surface area contributed by atoms with Gasteiger partial charge in [0, 0.05) is 25.4 Å². The van der Waals surface area contributed by atoms with E-state index in [0.29, 0.717) is 32.1 Å². The smallest absolute Gasteiger partial charge is 0.246 e. The maximum atomic E-state index is 14.1. The lowest BCUT2D eigenvalue weighted by molar-refractivity contribution is -0.145. The predicted octanol–water partition coefficient (Wildman–Crippen LogP) is -1.99. The lowest BCUT2D eigenvalue weighted by atomic mass is 9.96. The molecule has 320 valence electrons. The van der Waals surface area contributed by atoms with Gasteiger partial charge in [0.1, 0.15) is 48.3 Å². The Morgan fingerprint density at radius 3 is 1.74 bits per heavy atom. The number of nitrogens with zero attached hydrogens (tertiary/aromatic N) is 3. The van der Waals surface area contributed by atoms with Crippen LogP contribution in [0.1, 0.15) is 92.9 Å². The fourth-order valence-electron chi connectivity index (χ4n) is 7.20. The second-order valence-electron chi connectivity index (χ2n) is 15.7. The Bertz CT molecular complexity index is 1530. The molecule has 0 bridgehead atoms. The molecule has 3 aliphatic heterocycles. The number of fused-ring (bicyclic) bond motifs is 2. The zero-order chi connectivity index (χ0) is 42.6. The second kappa shape index (κ2) is 21.8. The Kier molecular flexibility index (Phi) is 17.9. The van der Waals surface area contributed by atoms with Gasteiger partial charge in [0.15, 0.2) is 5.96 Å². The van der Waals surface area contributed by atoms with Crippen molar-refractivity contribution in [2.24, 2.45) is 28.3 Å². The van der Waals surface area contributed by atoms with E-state index in [1.807, 2.05) is 27.7 Å². The number of hydrogen-bond donors (Lipinski definition) is 9. The van der Waals surface area contributed by atoms with E-state index in [0.717, 1.165) is 0 Å². The highest BCUT2D eigenvalue weighted by atomic mass is 32.1. The molecule has 0 spiro atoms. The molecule has 0 saturated carbocycles. The van der Waals surface area contributed by atoms with E-state index < -0.39 is 95.6 Å². The van der Waals surface area contributed by atoms with Crippen molar-refractivity contribution in [2.45, 2.75) is 141 Å². The van der Waals surface area contributed by atoms with Gasteiger partial charge >= 0.3 is 0 Å². The molecule has 3 rings (SSSR count). The summed E-state index contributed by atoms with van der Waals surface area (Å²) in [6.07, 6.45) is 2.69. The largest absolute Gasteiger partial charge is 0.370 e. The summed E-state index contributed by atoms with van der Waals surface area (Å²) in [5.41, 5.74) is 10.9. The predicted molar refractivity (Wildman–Crippen MR) is 215 cm³/mol. The van der Waals surface area contributed by atoms with Crippen LogP contribution in [-0.2, 0) is 38.4 Å². The zero-order valence-corrected chi connectivity index (χ0v) is 34.9. The highest BCUT2D eigenvalue weighted by molar-refractivity contribution is 7.80. The molecule has 0 aliphatic carbocycles. The summed E-state index contributed by atoms with van der Waals surface area (Å²) in [5, 5.41) is 16.2. The number of aliphatic imine (C=N–C) groups is 1. The van der Waals surface area contributed by atoms with Crippen LogP contribution in [0, 0.1) is 11.8 Å². The number of thiol groups is 1. The maximum Gasteiger partial charge on any atom is 0.246 e. The Balaban J connectivity index is 2.02. The molecule has 0 aromatic rings. The second-order valence-corrected chi connectivity index (χ2v) is 16.0. The molecule has 0 radical (unpaired) electrons. The van der Waals surface area contributed by atoms with Crippen LogP contribution >= 0.6 is 12.6 Å². The summed E-state index contributed by atoms with van der Waals surface area (Å²) in [4.78, 5) is 117.